The van der Waals surface area contributed by atoms with Gasteiger partial charge in [0.05, 0.1) is 28.5 Å². The molecule has 132 valence electrons. The molecule has 1 aromatic carbocycles. The van der Waals surface area contributed by atoms with Gasteiger partial charge in [0.2, 0.25) is 10.0 Å². The topological polar surface area (TPSA) is 110 Å². The number of ether oxygens (including phenoxy) is 1. The predicted octanol–water partition coefficient (Wildman–Crippen LogP) is 2.05. The highest BCUT2D eigenvalue weighted by atomic mass is 35.5. The number of esters is 1. The van der Waals surface area contributed by atoms with E-state index >= 15 is 0 Å². The van der Waals surface area contributed by atoms with Crippen molar-refractivity contribution >= 4 is 33.6 Å². The molecule has 9 heteroatoms. The van der Waals surface area contributed by atoms with E-state index in [2.05, 4.69) is 9.46 Å². The number of rotatable bonds is 5. The molecule has 0 amide bonds. The first kappa shape index (κ1) is 18.7. The van der Waals surface area contributed by atoms with Crippen molar-refractivity contribution in [2.45, 2.75) is 36.6 Å². The van der Waals surface area contributed by atoms with E-state index in [4.69, 9.17) is 16.7 Å². The zero-order valence-electron chi connectivity index (χ0n) is 13.0. The normalized spacial score (nSPS) is 21.2. The Hall–Kier alpha value is -1.64. The van der Waals surface area contributed by atoms with Crippen molar-refractivity contribution in [2.24, 2.45) is 5.92 Å². The molecule has 1 aliphatic rings. The predicted molar refractivity (Wildman–Crippen MR) is 86.5 cm³/mol. The van der Waals surface area contributed by atoms with E-state index in [1.165, 1.54) is 25.3 Å². The number of carboxylic acids is 1. The zero-order valence-corrected chi connectivity index (χ0v) is 14.6. The summed E-state index contributed by atoms with van der Waals surface area (Å²) in [4.78, 5) is 22.3. The van der Waals surface area contributed by atoms with Gasteiger partial charge in [0.15, 0.2) is 0 Å². The highest BCUT2D eigenvalue weighted by Crippen LogP contribution is 2.27. The summed E-state index contributed by atoms with van der Waals surface area (Å²) in [6, 6.07) is 3.46. The molecule has 1 aromatic rings. The summed E-state index contributed by atoms with van der Waals surface area (Å²) < 4.78 is 32.0. The van der Waals surface area contributed by atoms with Crippen LogP contribution in [-0.4, -0.2) is 38.6 Å². The monoisotopic (exact) mass is 375 g/mol. The lowest BCUT2D eigenvalue weighted by atomic mass is 9.87. The fraction of sp³-hybridized carbons (Fsp3) is 0.467. The molecule has 7 nitrogen and oxygen atoms in total. The smallest absolute Gasteiger partial charge is 0.339 e. The Balaban J connectivity index is 2.10. The molecule has 2 rings (SSSR count). The zero-order chi connectivity index (χ0) is 17.9. The molecule has 1 saturated carbocycles. The van der Waals surface area contributed by atoms with Crippen molar-refractivity contribution in [1.82, 2.24) is 4.72 Å². The van der Waals surface area contributed by atoms with Crippen LogP contribution >= 0.6 is 11.6 Å². The molecule has 0 heterocycles. The number of carbonyl (C=O) groups is 2. The number of carbonyl (C=O) groups excluding carboxylic acids is 1. The number of sulfonamides is 1. The van der Waals surface area contributed by atoms with Crippen molar-refractivity contribution in [3.8, 4) is 0 Å². The molecule has 0 radical (unpaired) electrons. The van der Waals surface area contributed by atoms with Crippen molar-refractivity contribution in [3.63, 3.8) is 0 Å². The number of aliphatic carboxylic acids is 1. The van der Waals surface area contributed by atoms with Gasteiger partial charge in [-0.1, -0.05) is 11.6 Å². The number of nitrogens with one attached hydrogen (secondary N) is 1. The Morgan fingerprint density at radius 2 is 1.88 bits per heavy atom. The van der Waals surface area contributed by atoms with Gasteiger partial charge in [0.1, 0.15) is 0 Å². The molecule has 0 spiro atoms. The molecular weight excluding hydrogens is 358 g/mol. The minimum absolute atomic E-state index is 0.0145. The maximum Gasteiger partial charge on any atom is 0.339 e. The second-order valence-corrected chi connectivity index (χ2v) is 7.76. The number of halogens is 1. The van der Waals surface area contributed by atoms with Crippen LogP contribution in [0.3, 0.4) is 0 Å². The number of benzene rings is 1. The number of carboxylic acid groups (broad SMARTS) is 1. The van der Waals surface area contributed by atoms with Crippen molar-refractivity contribution in [2.75, 3.05) is 7.11 Å². The molecule has 0 aliphatic heterocycles. The third-order valence-electron chi connectivity index (χ3n) is 4.05. The van der Waals surface area contributed by atoms with Crippen LogP contribution in [0.5, 0.6) is 0 Å². The van der Waals surface area contributed by atoms with E-state index in [1.54, 1.807) is 0 Å². The Labute approximate surface area is 145 Å². The fourth-order valence-electron chi connectivity index (χ4n) is 2.68. The van der Waals surface area contributed by atoms with E-state index in [0.29, 0.717) is 25.7 Å². The Kier molecular flexibility index (Phi) is 5.84. The van der Waals surface area contributed by atoms with Gasteiger partial charge in [0, 0.05) is 6.04 Å². The lowest BCUT2D eigenvalue weighted by molar-refractivity contribution is -0.142. The standard InChI is InChI=1S/C15H18ClNO6S/c1-23-15(20)12-7-6-11(8-13(12)16)24(21,22)17-10-4-2-9(3-5-10)14(18)19/h6-10,17H,2-5H2,1H3,(H,18,19). The average molecular weight is 376 g/mol. The lowest BCUT2D eigenvalue weighted by Gasteiger charge is -2.26. The van der Waals surface area contributed by atoms with Crippen LogP contribution in [0.15, 0.2) is 23.1 Å². The molecule has 1 fully saturated rings. The maximum absolute atomic E-state index is 12.4. The summed E-state index contributed by atoms with van der Waals surface area (Å²) in [7, 11) is -2.60. The number of methoxy groups -OCH3 is 1. The van der Waals surface area contributed by atoms with E-state index < -0.39 is 27.9 Å². The Morgan fingerprint density at radius 1 is 1.25 bits per heavy atom. The van der Waals surface area contributed by atoms with Gasteiger partial charge in [-0.25, -0.2) is 17.9 Å². The molecular formula is C15H18ClNO6S. The van der Waals surface area contributed by atoms with Crippen molar-refractivity contribution in [1.29, 1.82) is 0 Å². The van der Waals surface area contributed by atoms with Gasteiger partial charge >= 0.3 is 11.9 Å². The molecule has 0 aromatic heterocycles. The summed E-state index contributed by atoms with van der Waals surface area (Å²) >= 11 is 5.95. The maximum atomic E-state index is 12.4. The lowest BCUT2D eigenvalue weighted by Crippen LogP contribution is -2.38. The molecule has 0 bridgehead atoms. The summed E-state index contributed by atoms with van der Waals surface area (Å²) in [5.74, 6) is -1.91. The largest absolute Gasteiger partial charge is 0.481 e. The number of hydrogen-bond acceptors (Lipinski definition) is 5. The van der Waals surface area contributed by atoms with Crippen LogP contribution in [0.25, 0.3) is 0 Å². The van der Waals surface area contributed by atoms with Crippen molar-refractivity contribution in [3.05, 3.63) is 28.8 Å². The molecule has 0 unspecified atom stereocenters. The van der Waals surface area contributed by atoms with Crippen molar-refractivity contribution < 1.29 is 27.9 Å². The van der Waals surface area contributed by atoms with E-state index in [1.807, 2.05) is 0 Å². The quantitative estimate of drug-likeness (QED) is 0.762. The molecule has 1 aliphatic carbocycles. The minimum Gasteiger partial charge on any atom is -0.481 e. The van der Waals surface area contributed by atoms with Crippen LogP contribution in [0.1, 0.15) is 36.0 Å². The fourth-order valence-corrected chi connectivity index (χ4v) is 4.34. The van der Waals surface area contributed by atoms with E-state index in [0.717, 1.165) is 0 Å². The van der Waals surface area contributed by atoms with E-state index in [9.17, 15) is 18.0 Å². The average Bonchev–Trinajstić information content (AvgIpc) is 2.54. The Bertz CT molecular complexity index is 740. The van der Waals surface area contributed by atoms with Gasteiger partial charge in [0.25, 0.3) is 0 Å². The summed E-state index contributed by atoms with van der Waals surface area (Å²) in [6.45, 7) is 0. The second kappa shape index (κ2) is 7.50. The van der Waals surface area contributed by atoms with Crippen LogP contribution in [-0.2, 0) is 19.6 Å². The summed E-state index contributed by atoms with van der Waals surface area (Å²) in [5.41, 5.74) is 0.0834. The van der Waals surface area contributed by atoms with Gasteiger partial charge in [-0.15, -0.1) is 0 Å². The molecule has 24 heavy (non-hydrogen) atoms. The third kappa shape index (κ3) is 4.25. The summed E-state index contributed by atoms with van der Waals surface area (Å²) in [6.07, 6.45) is 1.80. The highest BCUT2D eigenvalue weighted by molar-refractivity contribution is 7.89. The summed E-state index contributed by atoms with van der Waals surface area (Å²) in [5, 5.41) is 8.95. The molecule has 2 N–H and O–H groups in total. The second-order valence-electron chi connectivity index (χ2n) is 5.64. The van der Waals surface area contributed by atoms with Gasteiger partial charge in [-0.3, -0.25) is 4.79 Å². The van der Waals surface area contributed by atoms with Gasteiger partial charge in [-0.2, -0.15) is 0 Å². The SMILES string of the molecule is COC(=O)c1ccc(S(=O)(=O)NC2CCC(C(=O)O)CC2)cc1Cl. The first-order chi connectivity index (χ1) is 11.2. The van der Waals surface area contributed by atoms with Gasteiger partial charge < -0.3 is 9.84 Å². The van der Waals surface area contributed by atoms with Gasteiger partial charge in [-0.05, 0) is 43.9 Å². The number of hydrogen-bond donors (Lipinski definition) is 2. The van der Waals surface area contributed by atoms with Crippen LogP contribution in [0.2, 0.25) is 5.02 Å². The van der Waals surface area contributed by atoms with E-state index in [-0.39, 0.29) is 21.5 Å². The third-order valence-corrected chi connectivity index (χ3v) is 5.89. The molecule has 0 saturated heterocycles. The first-order valence-corrected chi connectivity index (χ1v) is 9.23. The minimum atomic E-state index is -3.80. The molecule has 0 atom stereocenters. The van der Waals surface area contributed by atoms with Crippen LogP contribution < -0.4 is 4.72 Å². The van der Waals surface area contributed by atoms with Crippen LogP contribution in [0.4, 0.5) is 0 Å². The Morgan fingerprint density at radius 3 is 2.38 bits per heavy atom. The van der Waals surface area contributed by atoms with Crippen LogP contribution in [0, 0.1) is 5.92 Å². The first-order valence-electron chi connectivity index (χ1n) is 7.37. The highest BCUT2D eigenvalue weighted by Gasteiger charge is 2.29.